The maximum atomic E-state index is 12.8. The average Bonchev–Trinajstić information content (AvgIpc) is 2.73. The number of likely N-dealkylation sites (tertiary alicyclic amines) is 1. The Balaban J connectivity index is 1.38. The van der Waals surface area contributed by atoms with Crippen molar-refractivity contribution in [2.75, 3.05) is 39.3 Å². The topological polar surface area (TPSA) is 69.7 Å². The molecule has 2 aliphatic rings. The maximum Gasteiger partial charge on any atom is 0.223 e. The van der Waals surface area contributed by atoms with Gasteiger partial charge < -0.3 is 10.2 Å². The molecule has 0 aromatic heterocycles. The lowest BCUT2D eigenvalue weighted by Crippen LogP contribution is -2.43. The molecule has 0 radical (unpaired) electrons. The SMILES string of the molecule is Cc1ccccc1CS(=O)(=O)N1CCC(C(=O)NCCCN2CCCCC2)CC1. The van der Waals surface area contributed by atoms with Crippen molar-refractivity contribution in [1.82, 2.24) is 14.5 Å². The summed E-state index contributed by atoms with van der Waals surface area (Å²) < 4.78 is 27.1. The van der Waals surface area contributed by atoms with Gasteiger partial charge in [0.1, 0.15) is 0 Å². The van der Waals surface area contributed by atoms with Gasteiger partial charge in [-0.2, -0.15) is 0 Å². The van der Waals surface area contributed by atoms with Crippen LogP contribution in [0.4, 0.5) is 0 Å². The minimum absolute atomic E-state index is 0.0348. The van der Waals surface area contributed by atoms with Crippen molar-refractivity contribution in [2.24, 2.45) is 5.92 Å². The molecule has 0 spiro atoms. The lowest BCUT2D eigenvalue weighted by Gasteiger charge is -2.31. The minimum Gasteiger partial charge on any atom is -0.356 e. The van der Waals surface area contributed by atoms with Crippen LogP contribution in [0.3, 0.4) is 0 Å². The summed E-state index contributed by atoms with van der Waals surface area (Å²) in [6.07, 6.45) is 6.10. The lowest BCUT2D eigenvalue weighted by molar-refractivity contribution is -0.126. The number of piperidine rings is 2. The zero-order chi connectivity index (χ0) is 20.7. The maximum absolute atomic E-state index is 12.8. The number of sulfonamides is 1. The number of nitrogens with one attached hydrogen (secondary N) is 1. The van der Waals surface area contributed by atoms with Crippen molar-refractivity contribution in [2.45, 2.75) is 51.2 Å². The van der Waals surface area contributed by atoms with Gasteiger partial charge in [-0.1, -0.05) is 30.7 Å². The number of carbonyl (C=O) groups excluding carboxylic acids is 1. The minimum atomic E-state index is -3.35. The van der Waals surface area contributed by atoms with E-state index in [4.69, 9.17) is 0 Å². The summed E-state index contributed by atoms with van der Waals surface area (Å²) in [6.45, 7) is 6.93. The van der Waals surface area contributed by atoms with Crippen molar-refractivity contribution in [1.29, 1.82) is 0 Å². The molecule has 0 aliphatic carbocycles. The standard InChI is InChI=1S/C22H35N3O3S/c1-19-8-3-4-9-21(19)18-29(27,28)25-16-10-20(11-17-25)22(26)23-12-7-15-24-13-5-2-6-14-24/h3-4,8-9,20H,2,5-7,10-18H2,1H3,(H,23,26). The van der Waals surface area contributed by atoms with E-state index in [1.807, 2.05) is 31.2 Å². The van der Waals surface area contributed by atoms with Crippen LogP contribution in [0.15, 0.2) is 24.3 Å². The normalized spacial score (nSPS) is 19.9. The molecule has 162 valence electrons. The highest BCUT2D eigenvalue weighted by molar-refractivity contribution is 7.88. The molecule has 2 fully saturated rings. The molecule has 2 saturated heterocycles. The van der Waals surface area contributed by atoms with Gasteiger partial charge in [-0.3, -0.25) is 4.79 Å². The molecule has 7 heteroatoms. The Morgan fingerprint density at radius 1 is 1.07 bits per heavy atom. The van der Waals surface area contributed by atoms with Gasteiger partial charge in [0.15, 0.2) is 0 Å². The number of benzene rings is 1. The van der Waals surface area contributed by atoms with Gasteiger partial charge in [-0.15, -0.1) is 0 Å². The zero-order valence-corrected chi connectivity index (χ0v) is 18.4. The van der Waals surface area contributed by atoms with Crippen LogP contribution in [0.25, 0.3) is 0 Å². The van der Waals surface area contributed by atoms with Crippen LogP contribution in [0.2, 0.25) is 0 Å². The highest BCUT2D eigenvalue weighted by atomic mass is 32.2. The number of nitrogens with zero attached hydrogens (tertiary/aromatic N) is 2. The first-order valence-electron chi connectivity index (χ1n) is 11.0. The Morgan fingerprint density at radius 3 is 2.45 bits per heavy atom. The second-order valence-corrected chi connectivity index (χ2v) is 10.4. The summed E-state index contributed by atoms with van der Waals surface area (Å²) in [7, 11) is -3.35. The van der Waals surface area contributed by atoms with E-state index in [-0.39, 0.29) is 17.6 Å². The molecule has 1 amide bonds. The van der Waals surface area contributed by atoms with E-state index in [0.29, 0.717) is 32.5 Å². The fourth-order valence-corrected chi connectivity index (χ4v) is 5.96. The van der Waals surface area contributed by atoms with Crippen LogP contribution in [0.1, 0.15) is 49.7 Å². The van der Waals surface area contributed by atoms with Crippen molar-refractivity contribution in [3.63, 3.8) is 0 Å². The zero-order valence-electron chi connectivity index (χ0n) is 17.6. The van der Waals surface area contributed by atoms with E-state index in [0.717, 1.165) is 24.1 Å². The second kappa shape index (κ2) is 10.5. The van der Waals surface area contributed by atoms with Gasteiger partial charge >= 0.3 is 0 Å². The Hall–Kier alpha value is -1.44. The van der Waals surface area contributed by atoms with E-state index in [1.165, 1.54) is 32.4 Å². The molecule has 29 heavy (non-hydrogen) atoms. The highest BCUT2D eigenvalue weighted by Gasteiger charge is 2.31. The van der Waals surface area contributed by atoms with Gasteiger partial charge in [0.25, 0.3) is 0 Å². The molecule has 3 rings (SSSR count). The molecule has 0 atom stereocenters. The largest absolute Gasteiger partial charge is 0.356 e. The molecular formula is C22H35N3O3S. The molecule has 2 heterocycles. The van der Waals surface area contributed by atoms with Crippen LogP contribution in [0.5, 0.6) is 0 Å². The number of aryl methyl sites for hydroxylation is 1. The van der Waals surface area contributed by atoms with Crippen LogP contribution in [-0.2, 0) is 20.6 Å². The van der Waals surface area contributed by atoms with Crippen molar-refractivity contribution < 1.29 is 13.2 Å². The molecule has 2 aliphatic heterocycles. The molecule has 1 aromatic carbocycles. The highest BCUT2D eigenvalue weighted by Crippen LogP contribution is 2.22. The number of rotatable bonds is 8. The summed E-state index contributed by atoms with van der Waals surface area (Å²) in [6, 6.07) is 7.60. The van der Waals surface area contributed by atoms with Crippen molar-refractivity contribution in [3.8, 4) is 0 Å². The van der Waals surface area contributed by atoms with Gasteiger partial charge in [0.05, 0.1) is 5.75 Å². The second-order valence-electron chi connectivity index (χ2n) is 8.40. The molecule has 1 N–H and O–H groups in total. The van der Waals surface area contributed by atoms with Crippen LogP contribution in [0, 0.1) is 12.8 Å². The molecule has 0 unspecified atom stereocenters. The fourth-order valence-electron chi connectivity index (χ4n) is 4.30. The third-order valence-corrected chi connectivity index (χ3v) is 8.04. The van der Waals surface area contributed by atoms with E-state index >= 15 is 0 Å². The lowest BCUT2D eigenvalue weighted by atomic mass is 9.97. The predicted octanol–water partition coefficient (Wildman–Crippen LogP) is 2.53. The van der Waals surface area contributed by atoms with Gasteiger partial charge in [-0.05, 0) is 69.8 Å². The van der Waals surface area contributed by atoms with E-state index in [9.17, 15) is 13.2 Å². The third kappa shape index (κ3) is 6.52. The van der Waals surface area contributed by atoms with Crippen molar-refractivity contribution >= 4 is 15.9 Å². The van der Waals surface area contributed by atoms with E-state index in [2.05, 4.69) is 10.2 Å². The number of hydrogen-bond donors (Lipinski definition) is 1. The Labute approximate surface area is 175 Å². The first kappa shape index (κ1) is 22.2. The molecule has 6 nitrogen and oxygen atoms in total. The Bertz CT molecular complexity index is 767. The van der Waals surface area contributed by atoms with Crippen molar-refractivity contribution in [3.05, 3.63) is 35.4 Å². The Kier molecular flexibility index (Phi) is 8.09. The number of amides is 1. The van der Waals surface area contributed by atoms with E-state index < -0.39 is 10.0 Å². The predicted molar refractivity (Wildman–Crippen MR) is 116 cm³/mol. The summed E-state index contributed by atoms with van der Waals surface area (Å²) in [5.41, 5.74) is 1.84. The average molecular weight is 422 g/mol. The van der Waals surface area contributed by atoms with E-state index in [1.54, 1.807) is 4.31 Å². The number of hydrogen-bond acceptors (Lipinski definition) is 4. The number of carbonyl (C=O) groups is 1. The molecular weight excluding hydrogens is 386 g/mol. The smallest absolute Gasteiger partial charge is 0.223 e. The van der Waals surface area contributed by atoms with Gasteiger partial charge in [-0.25, -0.2) is 12.7 Å². The Morgan fingerprint density at radius 2 is 1.76 bits per heavy atom. The summed E-state index contributed by atoms with van der Waals surface area (Å²) in [4.78, 5) is 14.9. The fraction of sp³-hybridized carbons (Fsp3) is 0.682. The van der Waals surface area contributed by atoms with Crippen LogP contribution in [-0.4, -0.2) is 62.8 Å². The summed E-state index contributed by atoms with van der Waals surface area (Å²) in [5, 5.41) is 3.06. The van der Waals surface area contributed by atoms with Gasteiger partial charge in [0.2, 0.25) is 15.9 Å². The summed E-state index contributed by atoms with van der Waals surface area (Å²) >= 11 is 0. The quantitative estimate of drug-likeness (QED) is 0.655. The molecule has 0 saturated carbocycles. The molecule has 0 bridgehead atoms. The third-order valence-electron chi connectivity index (χ3n) is 6.22. The molecule has 1 aromatic rings. The monoisotopic (exact) mass is 421 g/mol. The van der Waals surface area contributed by atoms with Crippen LogP contribution >= 0.6 is 0 Å². The van der Waals surface area contributed by atoms with Crippen LogP contribution < -0.4 is 5.32 Å². The first-order valence-corrected chi connectivity index (χ1v) is 12.6. The first-order chi connectivity index (χ1) is 14.0. The van der Waals surface area contributed by atoms with Gasteiger partial charge in [0, 0.05) is 25.6 Å². The summed E-state index contributed by atoms with van der Waals surface area (Å²) in [5.74, 6) is 0.0435.